The number of nitrogens with zero attached hydrogens (tertiary/aromatic N) is 2. The molecule has 2 rings (SSSR count). The molecule has 0 unspecified atom stereocenters. The Hall–Kier alpha value is -2.89. The molecular weight excluding hydrogens is 318 g/mol. The first-order valence-electron chi connectivity index (χ1n) is 8.01. The van der Waals surface area contributed by atoms with Gasteiger partial charge in [0.05, 0.1) is 11.1 Å². The smallest absolute Gasteiger partial charge is 0.317 e. The average molecular weight is 341 g/mol. The Morgan fingerprint density at radius 3 is 2.20 bits per heavy atom. The highest BCUT2D eigenvalue weighted by Crippen LogP contribution is 2.30. The topological polar surface area (TPSA) is 69.7 Å². The largest absolute Gasteiger partial charge is 0.322 e. The third-order valence-corrected chi connectivity index (χ3v) is 3.79. The van der Waals surface area contributed by atoms with E-state index in [0.717, 1.165) is 0 Å². The number of imide groups is 1. The molecule has 1 aliphatic heterocycles. The molecule has 1 aromatic carbocycles. The van der Waals surface area contributed by atoms with Crippen molar-refractivity contribution in [1.29, 1.82) is 0 Å². The SMILES string of the molecule is C=CCN(CC=C)C(=O)Nc1ccc2c(c1)C(=O)N(C(C)(C)C)C2=O. The number of nitrogens with one attached hydrogen (secondary N) is 1. The number of anilines is 1. The van der Waals surface area contributed by atoms with Crippen molar-refractivity contribution in [3.05, 3.63) is 54.6 Å². The van der Waals surface area contributed by atoms with Crippen LogP contribution in [0.15, 0.2) is 43.5 Å². The van der Waals surface area contributed by atoms with Crippen LogP contribution in [0.25, 0.3) is 0 Å². The van der Waals surface area contributed by atoms with Gasteiger partial charge in [0.1, 0.15) is 0 Å². The second kappa shape index (κ2) is 6.93. The zero-order valence-electron chi connectivity index (χ0n) is 14.8. The Morgan fingerprint density at radius 1 is 1.12 bits per heavy atom. The molecule has 0 atom stereocenters. The highest BCUT2D eigenvalue weighted by Gasteiger charge is 2.41. The number of carbonyl (C=O) groups is 3. The summed E-state index contributed by atoms with van der Waals surface area (Å²) in [6.45, 7) is 13.4. The molecular formula is C19H23N3O3. The van der Waals surface area contributed by atoms with Crippen LogP contribution in [0.5, 0.6) is 0 Å². The molecule has 0 aliphatic carbocycles. The Bertz CT molecular complexity index is 737. The van der Waals surface area contributed by atoms with Crippen molar-refractivity contribution >= 4 is 23.5 Å². The molecule has 6 heteroatoms. The number of fused-ring (bicyclic) bond motifs is 1. The zero-order valence-corrected chi connectivity index (χ0v) is 14.8. The first-order valence-corrected chi connectivity index (χ1v) is 8.01. The van der Waals surface area contributed by atoms with E-state index in [1.54, 1.807) is 51.1 Å². The lowest BCUT2D eigenvalue weighted by Gasteiger charge is -2.29. The van der Waals surface area contributed by atoms with Gasteiger partial charge in [-0.1, -0.05) is 12.2 Å². The van der Waals surface area contributed by atoms with Crippen LogP contribution in [-0.2, 0) is 0 Å². The molecule has 0 spiro atoms. The van der Waals surface area contributed by atoms with Crippen molar-refractivity contribution in [2.75, 3.05) is 18.4 Å². The van der Waals surface area contributed by atoms with Gasteiger partial charge in [-0.2, -0.15) is 0 Å². The summed E-state index contributed by atoms with van der Waals surface area (Å²) >= 11 is 0. The predicted octanol–water partition coefficient (Wildman–Crippen LogP) is 3.29. The summed E-state index contributed by atoms with van der Waals surface area (Å²) < 4.78 is 0. The molecule has 0 radical (unpaired) electrons. The molecule has 0 aromatic heterocycles. The van der Waals surface area contributed by atoms with Crippen molar-refractivity contribution in [2.24, 2.45) is 0 Å². The number of amides is 4. The van der Waals surface area contributed by atoms with Crippen molar-refractivity contribution in [2.45, 2.75) is 26.3 Å². The lowest BCUT2D eigenvalue weighted by Crippen LogP contribution is -2.45. The molecule has 1 aromatic rings. The van der Waals surface area contributed by atoms with Crippen LogP contribution >= 0.6 is 0 Å². The normalized spacial score (nSPS) is 13.5. The van der Waals surface area contributed by atoms with Gasteiger partial charge in [-0.3, -0.25) is 14.5 Å². The standard InChI is InChI=1S/C19H23N3O3/c1-6-10-21(11-7-2)18(25)20-13-8-9-14-15(12-13)17(24)22(16(14)23)19(3,4)5/h6-9,12H,1-2,10-11H2,3-5H3,(H,20,25). The number of hydrogen-bond donors (Lipinski definition) is 1. The molecule has 0 fully saturated rings. The van der Waals surface area contributed by atoms with Gasteiger partial charge in [-0.15, -0.1) is 13.2 Å². The van der Waals surface area contributed by atoms with E-state index in [4.69, 9.17) is 0 Å². The second-order valence-electron chi connectivity index (χ2n) is 6.79. The van der Waals surface area contributed by atoms with Crippen LogP contribution in [0.2, 0.25) is 0 Å². The van der Waals surface area contributed by atoms with Crippen molar-refractivity contribution in [3.63, 3.8) is 0 Å². The first kappa shape index (κ1) is 18.4. The molecule has 0 saturated carbocycles. The number of hydrogen-bond acceptors (Lipinski definition) is 3. The first-order chi connectivity index (χ1) is 11.7. The second-order valence-corrected chi connectivity index (χ2v) is 6.79. The van der Waals surface area contributed by atoms with Crippen molar-refractivity contribution in [1.82, 2.24) is 9.80 Å². The Labute approximate surface area is 147 Å². The molecule has 1 N–H and O–H groups in total. The van der Waals surface area contributed by atoms with Crippen LogP contribution < -0.4 is 5.32 Å². The molecule has 25 heavy (non-hydrogen) atoms. The summed E-state index contributed by atoms with van der Waals surface area (Å²) in [4.78, 5) is 40.1. The Kier molecular flexibility index (Phi) is 5.11. The van der Waals surface area contributed by atoms with Crippen molar-refractivity contribution < 1.29 is 14.4 Å². The Balaban J connectivity index is 2.26. The minimum absolute atomic E-state index is 0.303. The zero-order chi connectivity index (χ0) is 18.8. The van der Waals surface area contributed by atoms with Gasteiger partial charge >= 0.3 is 6.03 Å². The molecule has 1 aliphatic rings. The molecule has 0 bridgehead atoms. The highest BCUT2D eigenvalue weighted by atomic mass is 16.2. The number of carbonyl (C=O) groups excluding carboxylic acids is 3. The number of benzene rings is 1. The highest BCUT2D eigenvalue weighted by molar-refractivity contribution is 6.22. The van der Waals surface area contributed by atoms with Crippen LogP contribution in [-0.4, -0.2) is 46.3 Å². The third-order valence-electron chi connectivity index (χ3n) is 3.79. The van der Waals surface area contributed by atoms with Gasteiger partial charge in [0.2, 0.25) is 0 Å². The molecule has 6 nitrogen and oxygen atoms in total. The number of urea groups is 1. The molecule has 132 valence electrons. The van der Waals surface area contributed by atoms with E-state index in [9.17, 15) is 14.4 Å². The van der Waals surface area contributed by atoms with Gasteiger partial charge in [0.25, 0.3) is 11.8 Å². The van der Waals surface area contributed by atoms with Gasteiger partial charge in [0.15, 0.2) is 0 Å². The predicted molar refractivity (Wildman–Crippen MR) is 97.7 cm³/mol. The quantitative estimate of drug-likeness (QED) is 0.660. The maximum atomic E-state index is 12.6. The average Bonchev–Trinajstić information content (AvgIpc) is 2.78. The molecule has 0 saturated heterocycles. The van der Waals surface area contributed by atoms with Gasteiger partial charge < -0.3 is 10.2 Å². The summed E-state index contributed by atoms with van der Waals surface area (Å²) in [5, 5.41) is 2.74. The van der Waals surface area contributed by atoms with E-state index in [-0.39, 0.29) is 17.8 Å². The van der Waals surface area contributed by atoms with E-state index in [2.05, 4.69) is 18.5 Å². The summed E-state index contributed by atoms with van der Waals surface area (Å²) in [5.74, 6) is -0.664. The lowest BCUT2D eigenvalue weighted by molar-refractivity contribution is 0.0507. The summed E-state index contributed by atoms with van der Waals surface area (Å²) in [7, 11) is 0. The van der Waals surface area contributed by atoms with Crippen molar-refractivity contribution in [3.8, 4) is 0 Å². The summed E-state index contributed by atoms with van der Waals surface area (Å²) in [6.07, 6.45) is 3.24. The lowest BCUT2D eigenvalue weighted by atomic mass is 10.1. The molecule has 1 heterocycles. The third kappa shape index (κ3) is 3.63. The van der Waals surface area contributed by atoms with Crippen LogP contribution in [0.4, 0.5) is 10.5 Å². The monoisotopic (exact) mass is 341 g/mol. The van der Waals surface area contributed by atoms with Crippen LogP contribution in [0, 0.1) is 0 Å². The summed E-state index contributed by atoms with van der Waals surface area (Å²) in [6, 6.07) is 4.40. The Morgan fingerprint density at radius 2 is 1.68 bits per heavy atom. The van der Waals surface area contributed by atoms with E-state index in [1.165, 1.54) is 9.80 Å². The fraction of sp³-hybridized carbons (Fsp3) is 0.316. The van der Waals surface area contributed by atoms with E-state index >= 15 is 0 Å². The van der Waals surface area contributed by atoms with E-state index < -0.39 is 5.54 Å². The summed E-state index contributed by atoms with van der Waals surface area (Å²) in [5.41, 5.74) is 0.504. The fourth-order valence-electron chi connectivity index (χ4n) is 2.68. The van der Waals surface area contributed by atoms with Crippen LogP contribution in [0.1, 0.15) is 41.5 Å². The minimum atomic E-state index is -0.610. The maximum absolute atomic E-state index is 12.6. The fourth-order valence-corrected chi connectivity index (χ4v) is 2.68. The van der Waals surface area contributed by atoms with Crippen LogP contribution in [0.3, 0.4) is 0 Å². The van der Waals surface area contributed by atoms with E-state index in [1.807, 2.05) is 0 Å². The van der Waals surface area contributed by atoms with E-state index in [0.29, 0.717) is 29.9 Å². The van der Waals surface area contributed by atoms with Gasteiger partial charge in [0, 0.05) is 24.3 Å². The van der Waals surface area contributed by atoms with Gasteiger partial charge in [-0.05, 0) is 39.0 Å². The number of rotatable bonds is 5. The molecule has 4 amide bonds. The van der Waals surface area contributed by atoms with Gasteiger partial charge in [-0.25, -0.2) is 4.79 Å². The maximum Gasteiger partial charge on any atom is 0.322 e. The minimum Gasteiger partial charge on any atom is -0.317 e.